The summed E-state index contributed by atoms with van der Waals surface area (Å²) in [4.78, 5) is 32.6. The summed E-state index contributed by atoms with van der Waals surface area (Å²) >= 11 is 1.58. The van der Waals surface area contributed by atoms with E-state index in [4.69, 9.17) is 4.42 Å². The van der Waals surface area contributed by atoms with Crippen LogP contribution in [0.2, 0.25) is 0 Å². The van der Waals surface area contributed by atoms with Gasteiger partial charge in [-0.05, 0) is 23.6 Å². The van der Waals surface area contributed by atoms with Crippen LogP contribution < -0.4 is 5.56 Å². The van der Waals surface area contributed by atoms with Crippen LogP contribution in [0, 0.1) is 0 Å². The minimum Gasteiger partial charge on any atom is -0.448 e. The van der Waals surface area contributed by atoms with Crippen molar-refractivity contribution in [2.45, 2.75) is 13.1 Å². The van der Waals surface area contributed by atoms with Crippen LogP contribution in [0.25, 0.3) is 22.1 Å². The lowest BCUT2D eigenvalue weighted by molar-refractivity contribution is -0.131. The van der Waals surface area contributed by atoms with Crippen molar-refractivity contribution in [3.63, 3.8) is 0 Å². The molecule has 0 fully saturated rings. The van der Waals surface area contributed by atoms with Gasteiger partial charge in [-0.2, -0.15) is 0 Å². The van der Waals surface area contributed by atoms with Gasteiger partial charge in [-0.25, -0.2) is 4.98 Å². The standard InChI is InChI=1S/C20H17N3O3S/c1-2-9-22(11-14-6-5-10-27-14)17(24)12-23-13-21-18-15-7-3-4-8-16(15)26-19(18)20(23)25/h2-8,10,13H,1,9,11-12H2. The number of amides is 1. The van der Waals surface area contributed by atoms with Crippen LogP contribution in [0.1, 0.15) is 4.88 Å². The van der Waals surface area contributed by atoms with Crippen LogP contribution in [0.15, 0.2) is 70.0 Å². The van der Waals surface area contributed by atoms with Crippen molar-refractivity contribution >= 4 is 39.3 Å². The zero-order chi connectivity index (χ0) is 18.8. The number of benzene rings is 1. The zero-order valence-electron chi connectivity index (χ0n) is 14.5. The maximum absolute atomic E-state index is 12.8. The predicted molar refractivity (Wildman–Crippen MR) is 106 cm³/mol. The summed E-state index contributed by atoms with van der Waals surface area (Å²) in [7, 11) is 0. The van der Waals surface area contributed by atoms with Crippen molar-refractivity contribution in [1.29, 1.82) is 0 Å². The molecule has 136 valence electrons. The van der Waals surface area contributed by atoms with Crippen LogP contribution in [0.5, 0.6) is 0 Å². The maximum Gasteiger partial charge on any atom is 0.297 e. The zero-order valence-corrected chi connectivity index (χ0v) is 15.3. The molecule has 0 saturated heterocycles. The van der Waals surface area contributed by atoms with E-state index in [-0.39, 0.29) is 23.6 Å². The van der Waals surface area contributed by atoms with Crippen molar-refractivity contribution in [3.05, 3.63) is 76.0 Å². The van der Waals surface area contributed by atoms with Crippen molar-refractivity contribution < 1.29 is 9.21 Å². The molecule has 3 heterocycles. The number of furan rings is 1. The van der Waals surface area contributed by atoms with Crippen molar-refractivity contribution in [3.8, 4) is 0 Å². The smallest absolute Gasteiger partial charge is 0.297 e. The molecule has 27 heavy (non-hydrogen) atoms. The minimum atomic E-state index is -0.362. The topological polar surface area (TPSA) is 68.3 Å². The van der Waals surface area contributed by atoms with E-state index in [1.165, 1.54) is 10.9 Å². The highest BCUT2D eigenvalue weighted by atomic mass is 32.1. The first-order valence-electron chi connectivity index (χ1n) is 8.45. The molecule has 6 nitrogen and oxygen atoms in total. The van der Waals surface area contributed by atoms with Gasteiger partial charge in [-0.1, -0.05) is 24.3 Å². The van der Waals surface area contributed by atoms with Gasteiger partial charge in [0.25, 0.3) is 5.56 Å². The number of rotatable bonds is 6. The van der Waals surface area contributed by atoms with Gasteiger partial charge in [0.2, 0.25) is 11.5 Å². The first-order chi connectivity index (χ1) is 13.2. The highest BCUT2D eigenvalue weighted by Gasteiger charge is 2.18. The Labute approximate surface area is 159 Å². The molecule has 0 saturated carbocycles. The Morgan fingerprint density at radius 2 is 2.15 bits per heavy atom. The van der Waals surface area contributed by atoms with Gasteiger partial charge in [0.05, 0.1) is 12.9 Å². The van der Waals surface area contributed by atoms with Crippen molar-refractivity contribution in [2.24, 2.45) is 0 Å². The van der Waals surface area contributed by atoms with Crippen LogP contribution in [0.4, 0.5) is 0 Å². The van der Waals surface area contributed by atoms with Gasteiger partial charge in [-0.15, -0.1) is 17.9 Å². The summed E-state index contributed by atoms with van der Waals surface area (Å²) in [5.41, 5.74) is 0.923. The summed E-state index contributed by atoms with van der Waals surface area (Å²) < 4.78 is 6.95. The monoisotopic (exact) mass is 379 g/mol. The third-order valence-electron chi connectivity index (χ3n) is 4.29. The van der Waals surface area contributed by atoms with Gasteiger partial charge < -0.3 is 9.32 Å². The molecule has 0 aliphatic rings. The molecule has 7 heteroatoms. The van der Waals surface area contributed by atoms with E-state index >= 15 is 0 Å². The van der Waals surface area contributed by atoms with Gasteiger partial charge >= 0.3 is 0 Å². The van der Waals surface area contributed by atoms with Gasteiger partial charge in [0, 0.05) is 16.8 Å². The Morgan fingerprint density at radius 1 is 1.30 bits per heavy atom. The van der Waals surface area contributed by atoms with Gasteiger partial charge in [0.15, 0.2) is 0 Å². The molecule has 3 aromatic heterocycles. The van der Waals surface area contributed by atoms with Gasteiger partial charge in [-0.3, -0.25) is 14.2 Å². The molecule has 0 N–H and O–H groups in total. The number of carbonyl (C=O) groups excluding carboxylic acids is 1. The predicted octanol–water partition coefficient (Wildman–Crippen LogP) is 3.42. The summed E-state index contributed by atoms with van der Waals surface area (Å²) in [5, 5.41) is 2.75. The lowest BCUT2D eigenvalue weighted by atomic mass is 10.2. The van der Waals surface area contributed by atoms with E-state index in [0.29, 0.717) is 24.2 Å². The van der Waals surface area contributed by atoms with Gasteiger partial charge in [0.1, 0.15) is 17.6 Å². The number of aromatic nitrogens is 2. The molecule has 1 aromatic carbocycles. The third-order valence-corrected chi connectivity index (χ3v) is 5.15. The normalized spacial score (nSPS) is 11.1. The van der Waals surface area contributed by atoms with E-state index in [0.717, 1.165) is 10.3 Å². The fraction of sp³-hybridized carbons (Fsp3) is 0.150. The molecule has 0 unspecified atom stereocenters. The Bertz CT molecular complexity index is 1170. The summed E-state index contributed by atoms with van der Waals surface area (Å²) in [6, 6.07) is 11.3. The average molecular weight is 379 g/mol. The molecule has 4 rings (SSSR count). The molecule has 4 aromatic rings. The number of para-hydroxylation sites is 1. The van der Waals surface area contributed by atoms with Crippen LogP contribution >= 0.6 is 11.3 Å². The quantitative estimate of drug-likeness (QED) is 0.482. The molecule has 1 amide bonds. The lowest BCUT2D eigenvalue weighted by Gasteiger charge is -2.20. The molecule has 0 aliphatic heterocycles. The van der Waals surface area contributed by atoms with E-state index in [2.05, 4.69) is 11.6 Å². The molecule has 0 atom stereocenters. The van der Waals surface area contributed by atoms with E-state index in [1.54, 1.807) is 28.4 Å². The lowest BCUT2D eigenvalue weighted by Crippen LogP contribution is -2.36. The molecular weight excluding hydrogens is 362 g/mol. The number of hydrogen-bond acceptors (Lipinski definition) is 5. The Kier molecular flexibility index (Phi) is 4.60. The second-order valence-electron chi connectivity index (χ2n) is 6.10. The minimum absolute atomic E-state index is 0.0992. The first kappa shape index (κ1) is 17.2. The van der Waals surface area contributed by atoms with Crippen LogP contribution in [0.3, 0.4) is 0 Å². The average Bonchev–Trinajstić information content (AvgIpc) is 3.31. The summed E-state index contributed by atoms with van der Waals surface area (Å²) in [5.74, 6) is -0.178. The third kappa shape index (κ3) is 3.29. The number of hydrogen-bond donors (Lipinski definition) is 0. The largest absolute Gasteiger partial charge is 0.448 e. The SMILES string of the molecule is C=CCN(Cc1cccs1)C(=O)Cn1cnc2c(oc3ccccc32)c1=O. The molecule has 0 radical (unpaired) electrons. The number of fused-ring (bicyclic) bond motifs is 3. The second-order valence-corrected chi connectivity index (χ2v) is 7.13. The van der Waals surface area contributed by atoms with Crippen molar-refractivity contribution in [2.75, 3.05) is 6.54 Å². The summed E-state index contributed by atoms with van der Waals surface area (Å²) in [6.07, 6.45) is 3.08. The number of thiophene rings is 1. The van der Waals surface area contributed by atoms with Crippen molar-refractivity contribution in [1.82, 2.24) is 14.5 Å². The Morgan fingerprint density at radius 3 is 2.93 bits per heavy atom. The van der Waals surface area contributed by atoms with E-state index in [1.807, 2.05) is 35.7 Å². The highest BCUT2D eigenvalue weighted by molar-refractivity contribution is 7.09. The Balaban J connectivity index is 1.64. The molecule has 0 spiro atoms. The number of nitrogens with zero attached hydrogens (tertiary/aromatic N) is 3. The fourth-order valence-corrected chi connectivity index (χ4v) is 3.69. The highest BCUT2D eigenvalue weighted by Crippen LogP contribution is 2.24. The fourth-order valence-electron chi connectivity index (χ4n) is 2.97. The Hall–Kier alpha value is -3.19. The van der Waals surface area contributed by atoms with Crippen LogP contribution in [-0.4, -0.2) is 26.9 Å². The first-order valence-corrected chi connectivity index (χ1v) is 9.33. The summed E-state index contributed by atoms with van der Waals surface area (Å²) in [6.45, 7) is 4.51. The maximum atomic E-state index is 12.8. The number of carbonyl (C=O) groups is 1. The molecule has 0 aliphatic carbocycles. The van der Waals surface area contributed by atoms with E-state index in [9.17, 15) is 9.59 Å². The second kappa shape index (κ2) is 7.20. The molecule has 0 bridgehead atoms. The molecular formula is C20H17N3O3S. The van der Waals surface area contributed by atoms with Crippen LogP contribution in [-0.2, 0) is 17.9 Å². The van der Waals surface area contributed by atoms with E-state index < -0.39 is 0 Å².